The predicted octanol–water partition coefficient (Wildman–Crippen LogP) is 2.21. The van der Waals surface area contributed by atoms with Gasteiger partial charge >= 0.3 is 0 Å². The van der Waals surface area contributed by atoms with Crippen molar-refractivity contribution in [3.8, 4) is 0 Å². The molecule has 0 aliphatic carbocycles. The van der Waals surface area contributed by atoms with Crippen molar-refractivity contribution in [1.82, 2.24) is 4.98 Å². The zero-order valence-electron chi connectivity index (χ0n) is 7.23. The molecule has 1 radical (unpaired) electrons. The smallest absolute Gasteiger partial charge is 0.0877 e. The molecule has 2 rings (SSSR count). The van der Waals surface area contributed by atoms with E-state index in [1.165, 1.54) is 0 Å². The number of rotatable bonds is 2. The van der Waals surface area contributed by atoms with Crippen LogP contribution in [0, 0.1) is 0 Å². The van der Waals surface area contributed by atoms with Crippen molar-refractivity contribution in [2.75, 3.05) is 6.61 Å². The standard InChI is InChI=1S/C11H10NO/c13-8-6-11-10-4-2-1-3-9(10)5-7-12-11/h1-5,7H,6,8H2. The summed E-state index contributed by atoms with van der Waals surface area (Å²) in [5.41, 5.74) is 0.910. The van der Waals surface area contributed by atoms with Crippen molar-refractivity contribution in [2.45, 2.75) is 6.42 Å². The topological polar surface area (TPSA) is 32.8 Å². The van der Waals surface area contributed by atoms with E-state index in [4.69, 9.17) is 0 Å². The molecule has 2 heteroatoms. The predicted molar refractivity (Wildman–Crippen MR) is 51.0 cm³/mol. The molecule has 0 N–H and O–H groups in total. The molecule has 0 aliphatic heterocycles. The van der Waals surface area contributed by atoms with Crippen LogP contribution in [0.25, 0.3) is 10.8 Å². The molecule has 0 atom stereocenters. The first-order valence-corrected chi connectivity index (χ1v) is 4.32. The minimum absolute atomic E-state index is 0.0962. The third kappa shape index (κ3) is 1.53. The second-order valence-corrected chi connectivity index (χ2v) is 2.93. The molecular weight excluding hydrogens is 162 g/mol. The van der Waals surface area contributed by atoms with Gasteiger partial charge in [0.15, 0.2) is 0 Å². The van der Waals surface area contributed by atoms with Crippen LogP contribution in [-0.2, 0) is 11.5 Å². The number of hydrogen-bond acceptors (Lipinski definition) is 1. The van der Waals surface area contributed by atoms with Crippen molar-refractivity contribution in [3.05, 3.63) is 42.2 Å². The summed E-state index contributed by atoms with van der Waals surface area (Å²) in [6, 6.07) is 9.96. The molecule has 0 bridgehead atoms. The summed E-state index contributed by atoms with van der Waals surface area (Å²) in [5.74, 6) is 0. The number of aromatic nitrogens is 1. The maximum atomic E-state index is 10.5. The Morgan fingerprint density at radius 2 is 2.00 bits per heavy atom. The van der Waals surface area contributed by atoms with Gasteiger partial charge in [-0.2, -0.15) is 0 Å². The van der Waals surface area contributed by atoms with E-state index >= 15 is 0 Å². The number of pyridine rings is 1. The Bertz CT molecular complexity index is 406. The molecule has 0 unspecified atom stereocenters. The van der Waals surface area contributed by atoms with Gasteiger partial charge in [0.1, 0.15) is 0 Å². The molecule has 2 aromatic rings. The van der Waals surface area contributed by atoms with Crippen LogP contribution >= 0.6 is 0 Å². The van der Waals surface area contributed by atoms with Gasteiger partial charge in [-0.05, 0) is 11.5 Å². The van der Waals surface area contributed by atoms with E-state index < -0.39 is 0 Å². The summed E-state index contributed by atoms with van der Waals surface area (Å²) >= 11 is 0. The number of benzene rings is 1. The third-order valence-electron chi connectivity index (χ3n) is 2.10. The molecule has 0 spiro atoms. The first kappa shape index (κ1) is 8.20. The third-order valence-corrected chi connectivity index (χ3v) is 2.10. The maximum absolute atomic E-state index is 10.5. The Hall–Kier alpha value is -1.41. The highest BCUT2D eigenvalue weighted by atomic mass is 16.3. The highest BCUT2D eigenvalue weighted by molar-refractivity contribution is 5.84. The monoisotopic (exact) mass is 172 g/mol. The minimum Gasteiger partial charge on any atom is -0.261 e. The summed E-state index contributed by atoms with van der Waals surface area (Å²) in [7, 11) is 0. The number of nitrogens with zero attached hydrogens (tertiary/aromatic N) is 1. The van der Waals surface area contributed by atoms with Crippen molar-refractivity contribution in [2.24, 2.45) is 0 Å². The first-order chi connectivity index (χ1) is 6.42. The van der Waals surface area contributed by atoms with Gasteiger partial charge in [0.2, 0.25) is 0 Å². The van der Waals surface area contributed by atoms with E-state index in [-0.39, 0.29) is 6.61 Å². The molecule has 0 saturated heterocycles. The van der Waals surface area contributed by atoms with Gasteiger partial charge in [-0.15, -0.1) is 0 Å². The average Bonchev–Trinajstić information content (AvgIpc) is 2.19. The first-order valence-electron chi connectivity index (χ1n) is 4.32. The van der Waals surface area contributed by atoms with Crippen LogP contribution in [0.2, 0.25) is 0 Å². The van der Waals surface area contributed by atoms with Gasteiger partial charge in [0, 0.05) is 18.0 Å². The Labute approximate surface area is 76.9 Å². The second kappa shape index (κ2) is 3.54. The Kier molecular flexibility index (Phi) is 2.23. The van der Waals surface area contributed by atoms with Crippen LogP contribution in [0.15, 0.2) is 36.5 Å². The van der Waals surface area contributed by atoms with Crippen molar-refractivity contribution in [1.29, 1.82) is 0 Å². The SMILES string of the molecule is [O]CCc1nccc2ccccc12. The van der Waals surface area contributed by atoms with Crippen LogP contribution in [0.3, 0.4) is 0 Å². The second-order valence-electron chi connectivity index (χ2n) is 2.93. The summed E-state index contributed by atoms with van der Waals surface area (Å²) in [5, 5.41) is 12.8. The molecule has 0 aliphatic rings. The summed E-state index contributed by atoms with van der Waals surface area (Å²) in [4.78, 5) is 4.20. The summed E-state index contributed by atoms with van der Waals surface area (Å²) < 4.78 is 0. The highest BCUT2D eigenvalue weighted by Crippen LogP contribution is 2.16. The van der Waals surface area contributed by atoms with E-state index in [9.17, 15) is 5.11 Å². The molecule has 1 aromatic heterocycles. The minimum atomic E-state index is -0.0962. The van der Waals surface area contributed by atoms with Crippen molar-refractivity contribution < 1.29 is 5.11 Å². The molecule has 65 valence electrons. The Morgan fingerprint density at radius 3 is 2.85 bits per heavy atom. The van der Waals surface area contributed by atoms with Gasteiger partial charge in [-0.1, -0.05) is 24.3 Å². The number of hydrogen-bond donors (Lipinski definition) is 0. The fourth-order valence-corrected chi connectivity index (χ4v) is 1.48. The van der Waals surface area contributed by atoms with Crippen LogP contribution in [0.5, 0.6) is 0 Å². The average molecular weight is 172 g/mol. The van der Waals surface area contributed by atoms with E-state index in [0.717, 1.165) is 16.5 Å². The lowest BCUT2D eigenvalue weighted by Gasteiger charge is -2.02. The summed E-state index contributed by atoms with van der Waals surface area (Å²) in [6.45, 7) is -0.0962. The van der Waals surface area contributed by atoms with Crippen molar-refractivity contribution in [3.63, 3.8) is 0 Å². The largest absolute Gasteiger partial charge is 0.261 e. The van der Waals surface area contributed by atoms with E-state index in [2.05, 4.69) is 4.98 Å². The Morgan fingerprint density at radius 1 is 1.15 bits per heavy atom. The quantitative estimate of drug-likeness (QED) is 0.683. The molecule has 0 saturated carbocycles. The maximum Gasteiger partial charge on any atom is 0.0877 e. The van der Waals surface area contributed by atoms with E-state index in [1.807, 2.05) is 30.3 Å². The van der Waals surface area contributed by atoms with E-state index in [1.54, 1.807) is 6.20 Å². The lowest BCUT2D eigenvalue weighted by atomic mass is 10.1. The van der Waals surface area contributed by atoms with Crippen LogP contribution in [0.4, 0.5) is 0 Å². The lowest BCUT2D eigenvalue weighted by molar-refractivity contribution is 0.196. The van der Waals surface area contributed by atoms with Gasteiger partial charge in [0.05, 0.1) is 12.3 Å². The van der Waals surface area contributed by atoms with Gasteiger partial charge in [-0.25, -0.2) is 5.11 Å². The van der Waals surface area contributed by atoms with Gasteiger partial charge < -0.3 is 0 Å². The number of fused-ring (bicyclic) bond motifs is 1. The van der Waals surface area contributed by atoms with E-state index in [0.29, 0.717) is 6.42 Å². The zero-order valence-corrected chi connectivity index (χ0v) is 7.23. The van der Waals surface area contributed by atoms with Crippen molar-refractivity contribution >= 4 is 10.8 Å². The van der Waals surface area contributed by atoms with Gasteiger partial charge in [0.25, 0.3) is 0 Å². The molecule has 2 nitrogen and oxygen atoms in total. The molecule has 1 aromatic carbocycles. The molecule has 0 fully saturated rings. The molecule has 13 heavy (non-hydrogen) atoms. The Balaban J connectivity index is 2.61. The summed E-state index contributed by atoms with van der Waals surface area (Å²) in [6.07, 6.45) is 2.27. The normalized spacial score (nSPS) is 10.5. The zero-order chi connectivity index (χ0) is 9.10. The van der Waals surface area contributed by atoms with Crippen LogP contribution < -0.4 is 0 Å². The molecule has 1 heterocycles. The van der Waals surface area contributed by atoms with Crippen LogP contribution in [0.1, 0.15) is 5.69 Å². The van der Waals surface area contributed by atoms with Gasteiger partial charge in [-0.3, -0.25) is 4.98 Å². The molecule has 0 amide bonds. The lowest BCUT2D eigenvalue weighted by Crippen LogP contribution is -1.94. The highest BCUT2D eigenvalue weighted by Gasteiger charge is 1.99. The molecular formula is C11H10NO. The fraction of sp³-hybridized carbons (Fsp3) is 0.182. The fourth-order valence-electron chi connectivity index (χ4n) is 1.48. The van der Waals surface area contributed by atoms with Crippen LogP contribution in [-0.4, -0.2) is 11.6 Å².